The van der Waals surface area contributed by atoms with E-state index < -0.39 is 46.6 Å². The Balaban J connectivity index is 3.48. The van der Waals surface area contributed by atoms with Crippen LogP contribution < -0.4 is 0 Å². The molecule has 98 valence electrons. The van der Waals surface area contributed by atoms with E-state index in [4.69, 9.17) is 0 Å². The first kappa shape index (κ1) is 14.2. The molecule has 0 fully saturated rings. The Bertz CT molecular complexity index is 485. The summed E-state index contributed by atoms with van der Waals surface area (Å²) in [6.45, 7) is 0. The first-order valence-corrected chi connectivity index (χ1v) is 4.17. The Labute approximate surface area is 94.8 Å². The van der Waals surface area contributed by atoms with Gasteiger partial charge in [0.15, 0.2) is 11.7 Å². The molecule has 0 aliphatic heterocycles. The fourth-order valence-corrected chi connectivity index (χ4v) is 1.09. The molecule has 0 spiro atoms. The van der Waals surface area contributed by atoms with Crippen molar-refractivity contribution >= 4 is 11.7 Å². The zero-order chi connectivity index (χ0) is 14.0. The average molecular weight is 274 g/mol. The van der Waals surface area contributed by atoms with Crippen molar-refractivity contribution in [1.82, 2.24) is 0 Å². The van der Waals surface area contributed by atoms with Crippen LogP contribution in [0.15, 0.2) is 24.3 Å². The van der Waals surface area contributed by atoms with E-state index in [1.54, 1.807) is 0 Å². The monoisotopic (exact) mass is 274 g/mol. The van der Waals surface area contributed by atoms with Gasteiger partial charge in [0.2, 0.25) is 0 Å². The third kappa shape index (κ3) is 2.69. The predicted octanol–water partition coefficient (Wildman–Crippen LogP) is 5.03. The van der Waals surface area contributed by atoms with E-state index in [1.807, 2.05) is 0 Å². The standard InChI is InChI=1S/C10H2F8/c11-5-1-3(7(13)9(15)16)6(12)2-4(5)8(14)10(17)18/h1-2H. The summed E-state index contributed by atoms with van der Waals surface area (Å²) in [5.74, 6) is -8.31. The van der Waals surface area contributed by atoms with Crippen molar-refractivity contribution in [3.05, 3.63) is 47.1 Å². The highest BCUT2D eigenvalue weighted by Crippen LogP contribution is 2.31. The van der Waals surface area contributed by atoms with E-state index in [-0.39, 0.29) is 12.1 Å². The highest BCUT2D eigenvalue weighted by Gasteiger charge is 2.21. The molecule has 18 heavy (non-hydrogen) atoms. The molecule has 1 aromatic carbocycles. The highest BCUT2D eigenvalue weighted by atomic mass is 19.3. The number of halogens is 8. The number of hydrogen-bond acceptors (Lipinski definition) is 0. The van der Waals surface area contributed by atoms with Crippen molar-refractivity contribution in [2.75, 3.05) is 0 Å². The SMILES string of the molecule is FC(F)=C(F)c1cc(F)c(C(F)=C(F)F)cc1F. The molecular weight excluding hydrogens is 272 g/mol. The number of rotatable bonds is 2. The van der Waals surface area contributed by atoms with Gasteiger partial charge < -0.3 is 0 Å². The van der Waals surface area contributed by atoms with Gasteiger partial charge in [-0.05, 0) is 12.1 Å². The van der Waals surface area contributed by atoms with Crippen LogP contribution in [0.4, 0.5) is 35.1 Å². The summed E-state index contributed by atoms with van der Waals surface area (Å²) in [5.41, 5.74) is -2.97. The lowest BCUT2D eigenvalue weighted by Gasteiger charge is -2.04. The maximum atomic E-state index is 13.1. The van der Waals surface area contributed by atoms with Crippen LogP contribution in [0.3, 0.4) is 0 Å². The van der Waals surface area contributed by atoms with Gasteiger partial charge in [-0.2, -0.15) is 17.6 Å². The molecule has 0 bridgehead atoms. The Morgan fingerprint density at radius 2 is 0.889 bits per heavy atom. The fraction of sp³-hybridized carbons (Fsp3) is 0. The molecule has 0 aliphatic carbocycles. The van der Waals surface area contributed by atoms with Gasteiger partial charge in [-0.25, -0.2) is 17.6 Å². The van der Waals surface area contributed by atoms with Crippen LogP contribution in [-0.2, 0) is 0 Å². The van der Waals surface area contributed by atoms with Crippen LogP contribution in [0, 0.1) is 11.6 Å². The van der Waals surface area contributed by atoms with Gasteiger partial charge in [0.05, 0.1) is 11.1 Å². The second-order valence-electron chi connectivity index (χ2n) is 2.96. The van der Waals surface area contributed by atoms with Gasteiger partial charge in [-0.15, -0.1) is 0 Å². The lowest BCUT2D eigenvalue weighted by atomic mass is 10.1. The number of hydrogen-bond donors (Lipinski definition) is 0. The van der Waals surface area contributed by atoms with Crippen molar-refractivity contribution in [2.24, 2.45) is 0 Å². The Morgan fingerprint density at radius 1 is 0.611 bits per heavy atom. The summed E-state index contributed by atoms with van der Waals surface area (Å²) in [7, 11) is 0. The van der Waals surface area contributed by atoms with Crippen molar-refractivity contribution in [3.63, 3.8) is 0 Å². The van der Waals surface area contributed by atoms with E-state index in [0.717, 1.165) is 0 Å². The summed E-state index contributed by atoms with van der Waals surface area (Å²) in [6.07, 6.45) is -5.84. The first-order chi connectivity index (χ1) is 8.25. The molecule has 0 saturated heterocycles. The molecule has 8 heteroatoms. The average Bonchev–Trinajstić information content (AvgIpc) is 2.29. The van der Waals surface area contributed by atoms with Crippen LogP contribution in [-0.4, -0.2) is 0 Å². The quantitative estimate of drug-likeness (QED) is 0.663. The molecule has 0 N–H and O–H groups in total. The van der Waals surface area contributed by atoms with E-state index in [1.165, 1.54) is 0 Å². The molecule has 0 heterocycles. The third-order valence-corrected chi connectivity index (χ3v) is 1.86. The van der Waals surface area contributed by atoms with Crippen LogP contribution in [0.1, 0.15) is 11.1 Å². The Hall–Kier alpha value is -1.86. The van der Waals surface area contributed by atoms with Crippen molar-refractivity contribution in [1.29, 1.82) is 0 Å². The van der Waals surface area contributed by atoms with Crippen LogP contribution >= 0.6 is 0 Å². The third-order valence-electron chi connectivity index (χ3n) is 1.86. The molecule has 0 aromatic heterocycles. The van der Waals surface area contributed by atoms with Crippen LogP contribution in [0.25, 0.3) is 11.7 Å². The largest absolute Gasteiger partial charge is 0.306 e. The summed E-state index contributed by atoms with van der Waals surface area (Å²) in [5, 5.41) is 0. The van der Waals surface area contributed by atoms with Gasteiger partial charge >= 0.3 is 12.2 Å². The normalized spacial score (nSPS) is 10.2. The zero-order valence-electron chi connectivity index (χ0n) is 8.18. The Morgan fingerprint density at radius 3 is 1.11 bits per heavy atom. The molecular formula is C10H2F8. The topological polar surface area (TPSA) is 0 Å². The summed E-state index contributed by atoms with van der Waals surface area (Å²) in [6, 6.07) is -0.274. The molecule has 0 atom stereocenters. The Kier molecular flexibility index (Phi) is 4.10. The molecule has 0 aliphatic rings. The minimum atomic E-state index is -2.92. The molecule has 0 saturated carbocycles. The van der Waals surface area contributed by atoms with Gasteiger partial charge in [0, 0.05) is 0 Å². The zero-order valence-corrected chi connectivity index (χ0v) is 8.18. The second kappa shape index (κ2) is 5.19. The number of benzene rings is 1. The maximum absolute atomic E-state index is 13.1. The van der Waals surface area contributed by atoms with Crippen LogP contribution in [0.2, 0.25) is 0 Å². The smallest absolute Gasteiger partial charge is 0.206 e. The van der Waals surface area contributed by atoms with Crippen molar-refractivity contribution in [2.45, 2.75) is 0 Å². The van der Waals surface area contributed by atoms with Gasteiger partial charge in [-0.3, -0.25) is 0 Å². The predicted molar refractivity (Wildman–Crippen MR) is 46.8 cm³/mol. The first-order valence-electron chi connectivity index (χ1n) is 4.17. The van der Waals surface area contributed by atoms with Crippen molar-refractivity contribution < 1.29 is 35.1 Å². The van der Waals surface area contributed by atoms with Gasteiger partial charge in [0.1, 0.15) is 11.6 Å². The lowest BCUT2D eigenvalue weighted by molar-refractivity contribution is 0.407. The van der Waals surface area contributed by atoms with Gasteiger partial charge in [-0.1, -0.05) is 0 Å². The molecule has 0 amide bonds. The molecule has 1 aromatic rings. The minimum Gasteiger partial charge on any atom is -0.206 e. The minimum absolute atomic E-state index is 0.137. The molecule has 0 radical (unpaired) electrons. The summed E-state index contributed by atoms with van der Waals surface area (Å²) in [4.78, 5) is 0. The molecule has 0 nitrogen and oxygen atoms in total. The van der Waals surface area contributed by atoms with Gasteiger partial charge in [0.25, 0.3) is 0 Å². The van der Waals surface area contributed by atoms with E-state index >= 15 is 0 Å². The molecule has 1 rings (SSSR count). The lowest BCUT2D eigenvalue weighted by Crippen LogP contribution is -1.95. The highest BCUT2D eigenvalue weighted by molar-refractivity contribution is 5.66. The molecule has 0 unspecified atom stereocenters. The second-order valence-corrected chi connectivity index (χ2v) is 2.96. The van der Waals surface area contributed by atoms with E-state index in [0.29, 0.717) is 0 Å². The fourth-order valence-electron chi connectivity index (χ4n) is 1.09. The van der Waals surface area contributed by atoms with Crippen LogP contribution in [0.5, 0.6) is 0 Å². The van der Waals surface area contributed by atoms with Crippen molar-refractivity contribution in [3.8, 4) is 0 Å². The maximum Gasteiger partial charge on any atom is 0.306 e. The van der Waals surface area contributed by atoms with E-state index in [2.05, 4.69) is 0 Å². The summed E-state index contributed by atoms with van der Waals surface area (Å²) >= 11 is 0. The summed E-state index contributed by atoms with van der Waals surface area (Å²) < 4.78 is 98.7. The van der Waals surface area contributed by atoms with E-state index in [9.17, 15) is 35.1 Å².